The normalized spacial score (nSPS) is 12.1. The summed E-state index contributed by atoms with van der Waals surface area (Å²) >= 11 is 6.00. The summed E-state index contributed by atoms with van der Waals surface area (Å²) in [6, 6.07) is 12.2. The first-order valence-corrected chi connectivity index (χ1v) is 11.0. The van der Waals surface area contributed by atoms with Crippen molar-refractivity contribution in [1.29, 1.82) is 0 Å². The summed E-state index contributed by atoms with van der Waals surface area (Å²) in [4.78, 5) is 24.0. The lowest BCUT2D eigenvalue weighted by atomic mass is 10.2. The number of sulfonamides is 1. The monoisotopic (exact) mass is 437 g/mol. The minimum atomic E-state index is -3.92. The summed E-state index contributed by atoms with van der Waals surface area (Å²) in [7, 11) is -3.92. The van der Waals surface area contributed by atoms with Crippen molar-refractivity contribution in [3.05, 3.63) is 59.1 Å². The van der Waals surface area contributed by atoms with Crippen LogP contribution in [0.3, 0.4) is 0 Å². The minimum absolute atomic E-state index is 0.0698. The van der Waals surface area contributed by atoms with E-state index < -0.39 is 15.9 Å². The van der Waals surface area contributed by atoms with E-state index >= 15 is 0 Å². The zero-order chi connectivity index (χ0) is 21.4. The van der Waals surface area contributed by atoms with Crippen LogP contribution < -0.4 is 15.4 Å². The van der Waals surface area contributed by atoms with Gasteiger partial charge in [0.2, 0.25) is 5.91 Å². The Morgan fingerprint density at radius 3 is 2.52 bits per heavy atom. The highest BCUT2D eigenvalue weighted by Gasteiger charge is 2.18. The van der Waals surface area contributed by atoms with Crippen LogP contribution >= 0.6 is 11.6 Å². The largest absolute Gasteiger partial charge is 0.354 e. The van der Waals surface area contributed by atoms with Crippen LogP contribution in [0, 0.1) is 0 Å². The van der Waals surface area contributed by atoms with Gasteiger partial charge in [0.1, 0.15) is 0 Å². The van der Waals surface area contributed by atoms with Gasteiger partial charge in [0, 0.05) is 24.6 Å². The molecule has 0 aliphatic heterocycles. The standard InChI is InChI=1S/C20H24ClN3O4S/c1-3-14(2)23-19(25)11-12-22-20(26)15-7-6-8-16(13-15)29(27,28)24-18-10-5-4-9-17(18)21/h4-10,13-14,24H,3,11-12H2,1-2H3,(H,22,26)(H,23,25). The maximum absolute atomic E-state index is 12.6. The molecule has 2 rings (SSSR count). The lowest BCUT2D eigenvalue weighted by Crippen LogP contribution is -2.35. The Labute approximate surface area is 175 Å². The molecule has 0 radical (unpaired) electrons. The van der Waals surface area contributed by atoms with E-state index in [0.29, 0.717) is 0 Å². The lowest BCUT2D eigenvalue weighted by molar-refractivity contribution is -0.121. The van der Waals surface area contributed by atoms with Crippen LogP contribution in [0.4, 0.5) is 5.69 Å². The predicted molar refractivity (Wildman–Crippen MR) is 114 cm³/mol. The highest BCUT2D eigenvalue weighted by atomic mass is 35.5. The molecule has 1 atom stereocenters. The predicted octanol–water partition coefficient (Wildman–Crippen LogP) is 3.18. The topological polar surface area (TPSA) is 104 Å². The fraction of sp³-hybridized carbons (Fsp3) is 0.300. The molecule has 29 heavy (non-hydrogen) atoms. The molecular weight excluding hydrogens is 414 g/mol. The Balaban J connectivity index is 2.02. The van der Waals surface area contributed by atoms with Crippen molar-refractivity contribution in [2.75, 3.05) is 11.3 Å². The summed E-state index contributed by atoms with van der Waals surface area (Å²) in [6.45, 7) is 4.02. The molecule has 0 bridgehead atoms. The first-order chi connectivity index (χ1) is 13.7. The van der Waals surface area contributed by atoms with E-state index in [9.17, 15) is 18.0 Å². The highest BCUT2D eigenvalue weighted by molar-refractivity contribution is 7.92. The van der Waals surface area contributed by atoms with Gasteiger partial charge in [-0.1, -0.05) is 36.7 Å². The maximum Gasteiger partial charge on any atom is 0.261 e. The Bertz CT molecular complexity index is 979. The zero-order valence-electron chi connectivity index (χ0n) is 16.2. The molecule has 0 aliphatic rings. The molecule has 0 saturated carbocycles. The third kappa shape index (κ3) is 6.76. The number of amides is 2. The average Bonchev–Trinajstić information content (AvgIpc) is 2.69. The first-order valence-electron chi connectivity index (χ1n) is 9.18. The van der Waals surface area contributed by atoms with E-state index in [1.54, 1.807) is 24.3 Å². The van der Waals surface area contributed by atoms with Crippen molar-refractivity contribution in [3.8, 4) is 0 Å². The minimum Gasteiger partial charge on any atom is -0.354 e. The van der Waals surface area contributed by atoms with E-state index in [1.807, 2.05) is 13.8 Å². The molecule has 0 saturated heterocycles. The number of hydrogen-bond acceptors (Lipinski definition) is 4. The number of halogens is 1. The van der Waals surface area contributed by atoms with Gasteiger partial charge in [-0.3, -0.25) is 14.3 Å². The van der Waals surface area contributed by atoms with Crippen molar-refractivity contribution in [2.45, 2.75) is 37.6 Å². The van der Waals surface area contributed by atoms with E-state index in [4.69, 9.17) is 11.6 Å². The van der Waals surface area contributed by atoms with Gasteiger partial charge in [0.25, 0.3) is 15.9 Å². The molecule has 0 aromatic heterocycles. The van der Waals surface area contributed by atoms with Gasteiger partial charge < -0.3 is 10.6 Å². The first kappa shape index (κ1) is 22.7. The number of benzene rings is 2. The van der Waals surface area contributed by atoms with Gasteiger partial charge >= 0.3 is 0 Å². The van der Waals surface area contributed by atoms with Crippen molar-refractivity contribution < 1.29 is 18.0 Å². The smallest absolute Gasteiger partial charge is 0.261 e. The van der Waals surface area contributed by atoms with Gasteiger partial charge in [-0.25, -0.2) is 8.42 Å². The lowest BCUT2D eigenvalue weighted by Gasteiger charge is -2.12. The van der Waals surface area contributed by atoms with E-state index in [0.717, 1.165) is 6.42 Å². The van der Waals surface area contributed by atoms with E-state index in [-0.39, 0.29) is 46.1 Å². The summed E-state index contributed by atoms with van der Waals surface area (Å²) in [5.74, 6) is -0.615. The fourth-order valence-corrected chi connectivity index (χ4v) is 3.76. The number of para-hydroxylation sites is 1. The third-order valence-corrected chi connectivity index (χ3v) is 5.87. The third-order valence-electron chi connectivity index (χ3n) is 4.18. The van der Waals surface area contributed by atoms with Gasteiger partial charge in [-0.05, 0) is 43.7 Å². The summed E-state index contributed by atoms with van der Waals surface area (Å²) in [5.41, 5.74) is 0.422. The second-order valence-corrected chi connectivity index (χ2v) is 8.59. The summed E-state index contributed by atoms with van der Waals surface area (Å²) < 4.78 is 27.6. The summed E-state index contributed by atoms with van der Waals surface area (Å²) in [6.07, 6.45) is 0.962. The van der Waals surface area contributed by atoms with Crippen LogP contribution in [0.5, 0.6) is 0 Å². The molecule has 2 aromatic carbocycles. The maximum atomic E-state index is 12.6. The van der Waals surface area contributed by atoms with Gasteiger partial charge in [0.15, 0.2) is 0 Å². The molecule has 2 amide bonds. The SMILES string of the molecule is CCC(C)NC(=O)CCNC(=O)c1cccc(S(=O)(=O)Nc2ccccc2Cl)c1. The van der Waals surface area contributed by atoms with Gasteiger partial charge in [-0.15, -0.1) is 0 Å². The molecule has 2 aromatic rings. The van der Waals surface area contributed by atoms with Crippen LogP contribution in [-0.4, -0.2) is 32.8 Å². The molecule has 1 unspecified atom stereocenters. The fourth-order valence-electron chi connectivity index (χ4n) is 2.39. The molecule has 7 nitrogen and oxygen atoms in total. The second-order valence-electron chi connectivity index (χ2n) is 6.50. The number of rotatable bonds is 9. The number of nitrogens with one attached hydrogen (secondary N) is 3. The number of carbonyl (C=O) groups is 2. The number of hydrogen-bond donors (Lipinski definition) is 3. The van der Waals surface area contributed by atoms with Crippen molar-refractivity contribution >= 4 is 39.1 Å². The zero-order valence-corrected chi connectivity index (χ0v) is 17.8. The highest BCUT2D eigenvalue weighted by Crippen LogP contribution is 2.24. The Hall–Kier alpha value is -2.58. The van der Waals surface area contributed by atoms with Gasteiger partial charge in [0.05, 0.1) is 15.6 Å². The quantitative estimate of drug-likeness (QED) is 0.560. The molecule has 0 fully saturated rings. The molecule has 3 N–H and O–H groups in total. The van der Waals surface area contributed by atoms with Crippen LogP contribution in [0.2, 0.25) is 5.02 Å². The Kier molecular flexibility index (Phi) is 8.04. The molecule has 0 spiro atoms. The van der Waals surface area contributed by atoms with Crippen molar-refractivity contribution in [1.82, 2.24) is 10.6 Å². The Morgan fingerprint density at radius 1 is 1.10 bits per heavy atom. The number of anilines is 1. The van der Waals surface area contributed by atoms with Crippen LogP contribution in [0.25, 0.3) is 0 Å². The molecule has 9 heteroatoms. The Morgan fingerprint density at radius 2 is 1.83 bits per heavy atom. The van der Waals surface area contributed by atoms with Crippen molar-refractivity contribution in [2.24, 2.45) is 0 Å². The van der Waals surface area contributed by atoms with E-state index in [2.05, 4.69) is 15.4 Å². The average molecular weight is 438 g/mol. The van der Waals surface area contributed by atoms with Crippen LogP contribution in [-0.2, 0) is 14.8 Å². The summed E-state index contributed by atoms with van der Waals surface area (Å²) in [5, 5.41) is 5.70. The number of carbonyl (C=O) groups excluding carboxylic acids is 2. The molecule has 0 heterocycles. The van der Waals surface area contributed by atoms with Crippen LogP contribution in [0.1, 0.15) is 37.0 Å². The van der Waals surface area contributed by atoms with Crippen LogP contribution in [0.15, 0.2) is 53.4 Å². The molecular formula is C20H24ClN3O4S. The van der Waals surface area contributed by atoms with Gasteiger partial charge in [-0.2, -0.15) is 0 Å². The second kappa shape index (κ2) is 10.3. The van der Waals surface area contributed by atoms with E-state index in [1.165, 1.54) is 24.3 Å². The molecule has 0 aliphatic carbocycles. The van der Waals surface area contributed by atoms with Crippen molar-refractivity contribution in [3.63, 3.8) is 0 Å². The molecule has 156 valence electrons.